The second-order valence-electron chi connectivity index (χ2n) is 5.40. The molecule has 0 unspecified atom stereocenters. The molecule has 0 saturated carbocycles. The molecule has 0 radical (unpaired) electrons. The van der Waals surface area contributed by atoms with E-state index < -0.39 is 0 Å². The molecule has 0 aliphatic carbocycles. The van der Waals surface area contributed by atoms with Crippen molar-refractivity contribution in [2.75, 3.05) is 13.7 Å². The summed E-state index contributed by atoms with van der Waals surface area (Å²) in [7, 11) is 1.59. The molecule has 0 bridgehead atoms. The Morgan fingerprint density at radius 3 is 2.68 bits per heavy atom. The molecular weight excluding hydrogens is 262 g/mol. The maximum absolute atomic E-state index is 11.5. The fraction of sp³-hybridized carbons (Fsp3) is 0.571. The van der Waals surface area contributed by atoms with Crippen molar-refractivity contribution in [3.8, 4) is 0 Å². The Hall–Kier alpha value is -1.20. The fourth-order valence-electron chi connectivity index (χ4n) is 1.37. The van der Waals surface area contributed by atoms with E-state index in [9.17, 15) is 4.79 Å². The van der Waals surface area contributed by atoms with Crippen LogP contribution in [0.1, 0.15) is 37.6 Å². The van der Waals surface area contributed by atoms with Gasteiger partial charge in [0, 0.05) is 24.3 Å². The van der Waals surface area contributed by atoms with Crippen LogP contribution in [-0.2, 0) is 26.3 Å². The molecule has 0 aromatic carbocycles. The van der Waals surface area contributed by atoms with Gasteiger partial charge < -0.3 is 9.47 Å². The maximum atomic E-state index is 11.5. The maximum Gasteiger partial charge on any atom is 0.331 e. The van der Waals surface area contributed by atoms with Gasteiger partial charge >= 0.3 is 5.97 Å². The van der Waals surface area contributed by atoms with Crippen LogP contribution in [0.3, 0.4) is 0 Å². The molecule has 0 aliphatic rings. The molecule has 0 N–H and O–H groups in total. The van der Waals surface area contributed by atoms with Gasteiger partial charge in [-0.1, -0.05) is 20.8 Å². The summed E-state index contributed by atoms with van der Waals surface area (Å²) in [6, 6.07) is 0. The third-order valence-electron chi connectivity index (χ3n) is 2.37. The summed E-state index contributed by atoms with van der Waals surface area (Å²) in [5.41, 5.74) is 0.913. The summed E-state index contributed by atoms with van der Waals surface area (Å²) in [6.07, 6.45) is 3.29. The number of nitrogens with zero attached hydrogens (tertiary/aromatic N) is 1. The third kappa shape index (κ3) is 5.53. The lowest BCUT2D eigenvalue weighted by Crippen LogP contribution is -2.07. The molecular formula is C14H21NO3S. The van der Waals surface area contributed by atoms with Crippen LogP contribution in [-0.4, -0.2) is 24.7 Å². The van der Waals surface area contributed by atoms with Crippen LogP contribution in [0.5, 0.6) is 0 Å². The molecule has 0 amide bonds. The molecule has 1 aromatic heterocycles. The van der Waals surface area contributed by atoms with Crippen LogP contribution >= 0.6 is 11.3 Å². The Balaban J connectivity index is 2.51. The third-order valence-corrected chi connectivity index (χ3v) is 3.76. The number of esters is 1. The van der Waals surface area contributed by atoms with Crippen LogP contribution in [0.4, 0.5) is 0 Å². The van der Waals surface area contributed by atoms with Crippen molar-refractivity contribution in [2.24, 2.45) is 0 Å². The summed E-state index contributed by atoms with van der Waals surface area (Å²) in [5.74, 6) is -0.359. The van der Waals surface area contributed by atoms with Gasteiger partial charge in [0.2, 0.25) is 0 Å². The van der Waals surface area contributed by atoms with Gasteiger partial charge in [-0.3, -0.25) is 0 Å². The van der Waals surface area contributed by atoms with E-state index in [0.29, 0.717) is 6.61 Å². The Morgan fingerprint density at radius 1 is 1.47 bits per heavy atom. The van der Waals surface area contributed by atoms with Crippen LogP contribution < -0.4 is 0 Å². The van der Waals surface area contributed by atoms with Crippen LogP contribution in [0.2, 0.25) is 0 Å². The van der Waals surface area contributed by atoms with Gasteiger partial charge in [0.25, 0.3) is 0 Å². The number of ether oxygens (including phenoxy) is 2. The summed E-state index contributed by atoms with van der Waals surface area (Å²) in [4.78, 5) is 17.0. The molecule has 19 heavy (non-hydrogen) atoms. The van der Waals surface area contributed by atoms with E-state index >= 15 is 0 Å². The minimum Gasteiger partial charge on any atom is -0.455 e. The Bertz CT molecular complexity index is 458. The van der Waals surface area contributed by atoms with E-state index in [1.165, 1.54) is 11.0 Å². The quantitative estimate of drug-likeness (QED) is 0.615. The minimum atomic E-state index is -0.359. The Morgan fingerprint density at radius 2 is 2.16 bits per heavy atom. The summed E-state index contributed by atoms with van der Waals surface area (Å²) >= 11 is 1.58. The van der Waals surface area contributed by atoms with E-state index in [0.717, 1.165) is 10.6 Å². The van der Waals surface area contributed by atoms with Gasteiger partial charge in [0.15, 0.2) is 0 Å². The predicted octanol–water partition coefficient (Wildman–Crippen LogP) is 3.08. The number of carbonyl (C=O) groups excluding carboxylic acids is 1. The average Bonchev–Trinajstić information content (AvgIpc) is 2.74. The molecule has 0 aliphatic heterocycles. The fourth-order valence-corrected chi connectivity index (χ4v) is 2.26. The molecule has 0 fully saturated rings. The Kier molecular flexibility index (Phi) is 5.69. The van der Waals surface area contributed by atoms with E-state index in [1.54, 1.807) is 18.4 Å². The standard InChI is InChI=1S/C14H21NO3S/c1-10(8-17-5)6-13(16)18-9-12-15-7-11(19-12)14(2,3)4/h6-7H,8-9H2,1-5H3/b10-6+. The van der Waals surface area contributed by atoms with Crippen molar-refractivity contribution < 1.29 is 14.3 Å². The van der Waals surface area contributed by atoms with Gasteiger partial charge in [-0.15, -0.1) is 11.3 Å². The first-order valence-electron chi connectivity index (χ1n) is 6.11. The number of methoxy groups -OCH3 is 1. The molecule has 0 saturated heterocycles. The number of hydrogen-bond donors (Lipinski definition) is 0. The van der Waals surface area contributed by atoms with Crippen molar-refractivity contribution >= 4 is 17.3 Å². The van der Waals surface area contributed by atoms with Crippen LogP contribution in [0.15, 0.2) is 17.8 Å². The van der Waals surface area contributed by atoms with Crippen molar-refractivity contribution in [2.45, 2.75) is 39.7 Å². The first-order valence-corrected chi connectivity index (χ1v) is 6.92. The molecule has 5 heteroatoms. The monoisotopic (exact) mass is 283 g/mol. The molecule has 106 valence electrons. The topological polar surface area (TPSA) is 48.4 Å². The first-order chi connectivity index (χ1) is 8.82. The first kappa shape index (κ1) is 15.9. The number of carbonyl (C=O) groups is 1. The molecule has 4 nitrogen and oxygen atoms in total. The second kappa shape index (κ2) is 6.82. The summed E-state index contributed by atoms with van der Waals surface area (Å²) in [6.45, 7) is 8.87. The van der Waals surface area contributed by atoms with Gasteiger partial charge in [-0.05, 0) is 17.9 Å². The van der Waals surface area contributed by atoms with Crippen molar-refractivity contribution in [1.82, 2.24) is 4.98 Å². The van der Waals surface area contributed by atoms with E-state index in [4.69, 9.17) is 9.47 Å². The van der Waals surface area contributed by atoms with Crippen LogP contribution in [0, 0.1) is 0 Å². The van der Waals surface area contributed by atoms with Crippen molar-refractivity contribution in [1.29, 1.82) is 0 Å². The van der Waals surface area contributed by atoms with Gasteiger partial charge in [0.1, 0.15) is 11.6 Å². The average molecular weight is 283 g/mol. The molecule has 0 atom stereocenters. The highest BCUT2D eigenvalue weighted by atomic mass is 32.1. The molecule has 1 heterocycles. The predicted molar refractivity (Wildman–Crippen MR) is 76.2 cm³/mol. The zero-order valence-electron chi connectivity index (χ0n) is 12.1. The minimum absolute atomic E-state index is 0.0783. The van der Waals surface area contributed by atoms with Crippen LogP contribution in [0.25, 0.3) is 0 Å². The molecule has 1 aromatic rings. The highest BCUT2D eigenvalue weighted by Crippen LogP contribution is 2.27. The largest absolute Gasteiger partial charge is 0.455 e. The highest BCUT2D eigenvalue weighted by Gasteiger charge is 2.17. The number of thiazole rings is 1. The summed E-state index contributed by atoms with van der Waals surface area (Å²) < 4.78 is 10.1. The van der Waals surface area contributed by atoms with Gasteiger partial charge in [-0.2, -0.15) is 0 Å². The van der Waals surface area contributed by atoms with Gasteiger partial charge in [-0.25, -0.2) is 9.78 Å². The lowest BCUT2D eigenvalue weighted by Gasteiger charge is -2.14. The lowest BCUT2D eigenvalue weighted by atomic mass is 9.96. The normalized spacial score (nSPS) is 12.6. The van der Waals surface area contributed by atoms with E-state index in [1.807, 2.05) is 13.1 Å². The zero-order valence-corrected chi connectivity index (χ0v) is 13.0. The Labute approximate surface area is 118 Å². The molecule has 0 spiro atoms. The summed E-state index contributed by atoms with van der Waals surface area (Å²) in [5, 5.41) is 0.816. The van der Waals surface area contributed by atoms with Crippen molar-refractivity contribution in [3.05, 3.63) is 27.7 Å². The van der Waals surface area contributed by atoms with Crippen molar-refractivity contribution in [3.63, 3.8) is 0 Å². The number of hydrogen-bond acceptors (Lipinski definition) is 5. The van der Waals surface area contributed by atoms with Gasteiger partial charge in [0.05, 0.1) is 6.61 Å². The highest BCUT2D eigenvalue weighted by molar-refractivity contribution is 7.11. The number of rotatable bonds is 5. The SMILES string of the molecule is COC/C(C)=C/C(=O)OCc1ncc(C(C)(C)C)s1. The second-order valence-corrected chi connectivity index (χ2v) is 6.51. The van der Waals surface area contributed by atoms with E-state index in [-0.39, 0.29) is 18.0 Å². The number of aromatic nitrogens is 1. The molecule has 1 rings (SSSR count). The van der Waals surface area contributed by atoms with E-state index in [2.05, 4.69) is 25.8 Å². The zero-order chi connectivity index (χ0) is 14.5. The smallest absolute Gasteiger partial charge is 0.331 e. The lowest BCUT2D eigenvalue weighted by molar-refractivity contribution is -0.139.